The van der Waals surface area contributed by atoms with Gasteiger partial charge in [0.1, 0.15) is 11.6 Å². The molecule has 176 valence electrons. The predicted octanol–water partition coefficient (Wildman–Crippen LogP) is 0.603. The average molecular weight is 464 g/mol. The highest BCUT2D eigenvalue weighted by Gasteiger charge is 2.45. The van der Waals surface area contributed by atoms with Crippen molar-refractivity contribution < 1.29 is 47.7 Å². The molecule has 0 aliphatic carbocycles. The summed E-state index contributed by atoms with van der Waals surface area (Å²) in [4.78, 5) is 58.2. The molecule has 0 bridgehead atoms. The third-order valence-electron chi connectivity index (χ3n) is 3.46. The van der Waals surface area contributed by atoms with Gasteiger partial charge in [-0.3, -0.25) is 24.0 Å². The smallest absolute Gasteiger partial charge is 0.303 e. The number of carbonyl (C=O) groups excluding carboxylic acids is 5. The number of ether oxygens (including phenoxy) is 5. The lowest BCUT2D eigenvalue weighted by Gasteiger charge is -2.35. The Morgan fingerprint density at radius 1 is 0.742 bits per heavy atom. The molecule has 1 N–H and O–H groups in total. The number of rotatable bonds is 12. The Hall–Kier alpha value is -2.76. The lowest BCUT2D eigenvalue weighted by molar-refractivity contribution is -0.198. The molecule has 0 heterocycles. The van der Waals surface area contributed by atoms with Crippen LogP contribution in [-0.4, -0.2) is 72.4 Å². The second-order valence-corrected chi connectivity index (χ2v) is 6.86. The summed E-state index contributed by atoms with van der Waals surface area (Å²) in [5.74, 6) is -3.87. The van der Waals surface area contributed by atoms with Gasteiger partial charge in [-0.25, -0.2) is 0 Å². The molecule has 0 aromatic heterocycles. The molecule has 0 aromatic rings. The quantitative estimate of drug-likeness (QED) is 0.246. The van der Waals surface area contributed by atoms with Gasteiger partial charge in [0.05, 0.1) is 0 Å². The van der Waals surface area contributed by atoms with Gasteiger partial charge in [0.25, 0.3) is 0 Å². The Labute approximate surface area is 186 Å². The number of esters is 5. The lowest BCUT2D eigenvalue weighted by atomic mass is 10.0. The van der Waals surface area contributed by atoms with Crippen molar-refractivity contribution in [1.29, 1.82) is 0 Å². The van der Waals surface area contributed by atoms with Crippen molar-refractivity contribution in [3.05, 3.63) is 0 Å². The van der Waals surface area contributed by atoms with Gasteiger partial charge < -0.3 is 29.0 Å². The molecule has 12 heteroatoms. The first-order chi connectivity index (χ1) is 14.4. The summed E-state index contributed by atoms with van der Waals surface area (Å²) in [6.07, 6.45) is -5.12. The first kappa shape index (κ1) is 28.2. The van der Waals surface area contributed by atoms with Crippen molar-refractivity contribution in [2.75, 3.05) is 13.2 Å². The molecule has 0 amide bonds. The van der Waals surface area contributed by atoms with Crippen molar-refractivity contribution >= 4 is 47.1 Å². The summed E-state index contributed by atoms with van der Waals surface area (Å²) in [5.41, 5.74) is 0. The summed E-state index contributed by atoms with van der Waals surface area (Å²) in [6.45, 7) is 7.25. The summed E-state index contributed by atoms with van der Waals surface area (Å²) in [5, 5.41) is 2.86. The summed E-state index contributed by atoms with van der Waals surface area (Å²) >= 11 is 5.29. The third kappa shape index (κ3) is 11.9. The van der Waals surface area contributed by atoms with Crippen molar-refractivity contribution in [3.8, 4) is 0 Å². The minimum absolute atomic E-state index is 0.00508. The van der Waals surface area contributed by atoms with Gasteiger partial charge in [-0.2, -0.15) is 0 Å². The van der Waals surface area contributed by atoms with Crippen molar-refractivity contribution in [3.63, 3.8) is 0 Å². The van der Waals surface area contributed by atoms with Crippen molar-refractivity contribution in [2.45, 2.75) is 72.4 Å². The van der Waals surface area contributed by atoms with E-state index in [4.69, 9.17) is 35.9 Å². The number of hydrogen-bond acceptors (Lipinski definition) is 11. The molecule has 0 aliphatic heterocycles. The van der Waals surface area contributed by atoms with Gasteiger partial charge in [-0.15, -0.1) is 0 Å². The Bertz CT molecular complexity index is 681. The fourth-order valence-electron chi connectivity index (χ4n) is 2.44. The highest BCUT2D eigenvalue weighted by molar-refractivity contribution is 7.80. The maximum Gasteiger partial charge on any atom is 0.303 e. The lowest BCUT2D eigenvalue weighted by Crippen LogP contribution is -2.56. The van der Waals surface area contributed by atoms with Gasteiger partial charge in [0.15, 0.2) is 24.4 Å². The van der Waals surface area contributed by atoms with Gasteiger partial charge in [0.2, 0.25) is 0 Å². The molecule has 11 nitrogen and oxygen atoms in total. The monoisotopic (exact) mass is 463 g/mol. The van der Waals surface area contributed by atoms with E-state index in [0.29, 0.717) is 13.0 Å². The van der Waals surface area contributed by atoms with Crippen LogP contribution in [0.3, 0.4) is 0 Å². The maximum absolute atomic E-state index is 11.8. The number of hydrogen-bond donors (Lipinski definition) is 1. The number of carbonyl (C=O) groups is 5. The molecule has 4 atom stereocenters. The molecule has 31 heavy (non-hydrogen) atoms. The topological polar surface area (TPSA) is 144 Å². The van der Waals surface area contributed by atoms with Gasteiger partial charge in [-0.05, 0) is 6.42 Å². The SMILES string of the molecule is CCCNC(=S)[C@H](OC(C)=O)[C@@H](OC(C)=O)[C@H](OC(C)=O)[C@@H](COC(C)=O)OC(C)=O. The van der Waals surface area contributed by atoms with Gasteiger partial charge >= 0.3 is 29.8 Å². The normalized spacial score (nSPS) is 14.1. The van der Waals surface area contributed by atoms with Crippen LogP contribution in [0.2, 0.25) is 0 Å². The van der Waals surface area contributed by atoms with Crippen LogP contribution >= 0.6 is 12.2 Å². The summed E-state index contributed by atoms with van der Waals surface area (Å²) < 4.78 is 25.9. The van der Waals surface area contributed by atoms with Gasteiger partial charge in [-0.1, -0.05) is 19.1 Å². The van der Waals surface area contributed by atoms with E-state index in [9.17, 15) is 24.0 Å². The van der Waals surface area contributed by atoms with Crippen LogP contribution in [0.4, 0.5) is 0 Å². The molecule has 0 rings (SSSR count). The van der Waals surface area contributed by atoms with Crippen LogP contribution in [-0.2, 0) is 47.7 Å². The first-order valence-electron chi connectivity index (χ1n) is 9.48. The standard InChI is InChI=1S/C19H29NO10S/c1-7-8-20-19(31)18(30-14(6)25)17(29-13(5)24)16(28-12(4)23)15(27-11(3)22)9-26-10(2)21/h15-18H,7-9H2,1-6H3,(H,20,31)/t15-,16-,17+,18-/m1/s1. The predicted molar refractivity (Wildman–Crippen MR) is 110 cm³/mol. The summed E-state index contributed by atoms with van der Waals surface area (Å²) in [7, 11) is 0. The van der Waals surface area contributed by atoms with E-state index in [1.807, 2.05) is 6.92 Å². The Balaban J connectivity index is 6.34. The van der Waals surface area contributed by atoms with E-state index in [0.717, 1.165) is 34.6 Å². The summed E-state index contributed by atoms with van der Waals surface area (Å²) in [6, 6.07) is 0. The molecular formula is C19H29NO10S. The zero-order valence-corrected chi connectivity index (χ0v) is 19.2. The highest BCUT2D eigenvalue weighted by Crippen LogP contribution is 2.21. The van der Waals surface area contributed by atoms with Crippen LogP contribution < -0.4 is 5.32 Å². The van der Waals surface area contributed by atoms with Gasteiger partial charge in [0, 0.05) is 41.2 Å². The maximum atomic E-state index is 11.8. The fourth-order valence-corrected chi connectivity index (χ4v) is 2.73. The number of thiocarbonyl (C=S) groups is 1. The first-order valence-corrected chi connectivity index (χ1v) is 9.89. The van der Waals surface area contributed by atoms with Crippen LogP contribution in [0.5, 0.6) is 0 Å². The van der Waals surface area contributed by atoms with Crippen LogP contribution in [0, 0.1) is 0 Å². The molecule has 0 saturated heterocycles. The molecule has 0 saturated carbocycles. The minimum atomic E-state index is -1.52. The van der Waals surface area contributed by atoms with Crippen molar-refractivity contribution in [1.82, 2.24) is 5.32 Å². The number of nitrogens with one attached hydrogen (secondary N) is 1. The van der Waals surface area contributed by atoms with E-state index in [1.54, 1.807) is 0 Å². The molecule has 0 radical (unpaired) electrons. The largest absolute Gasteiger partial charge is 0.462 e. The third-order valence-corrected chi connectivity index (χ3v) is 3.84. The molecule has 0 aliphatic rings. The van der Waals surface area contributed by atoms with Crippen LogP contribution in [0.1, 0.15) is 48.0 Å². The Kier molecular flexibility index (Phi) is 13.0. The Morgan fingerprint density at radius 2 is 1.23 bits per heavy atom. The minimum Gasteiger partial charge on any atom is -0.462 e. The zero-order valence-electron chi connectivity index (χ0n) is 18.4. The second-order valence-electron chi connectivity index (χ2n) is 6.42. The average Bonchev–Trinajstić information content (AvgIpc) is 2.63. The Morgan fingerprint density at radius 3 is 1.65 bits per heavy atom. The van der Waals surface area contributed by atoms with E-state index in [1.165, 1.54) is 0 Å². The molecule has 0 aromatic carbocycles. The van der Waals surface area contributed by atoms with Crippen LogP contribution in [0.25, 0.3) is 0 Å². The van der Waals surface area contributed by atoms with E-state index in [-0.39, 0.29) is 4.99 Å². The molecule has 0 unspecified atom stereocenters. The van der Waals surface area contributed by atoms with Crippen LogP contribution in [0.15, 0.2) is 0 Å². The highest BCUT2D eigenvalue weighted by atomic mass is 32.1. The van der Waals surface area contributed by atoms with Crippen molar-refractivity contribution in [2.24, 2.45) is 0 Å². The molecule has 0 fully saturated rings. The molecular weight excluding hydrogens is 434 g/mol. The molecule has 0 spiro atoms. The second kappa shape index (κ2) is 14.3. The van der Waals surface area contributed by atoms with E-state index in [2.05, 4.69) is 5.32 Å². The zero-order chi connectivity index (χ0) is 24.1. The fraction of sp³-hybridized carbons (Fsp3) is 0.684. The van der Waals surface area contributed by atoms with E-state index < -0.39 is 60.9 Å². The van der Waals surface area contributed by atoms with E-state index >= 15 is 0 Å².